The number of carbonyl (C=O) groups is 1. The lowest BCUT2D eigenvalue weighted by molar-refractivity contribution is -0.222. The van der Waals surface area contributed by atoms with Crippen LogP contribution in [-0.2, 0) is 9.53 Å². The summed E-state index contributed by atoms with van der Waals surface area (Å²) in [6, 6.07) is 0. The van der Waals surface area contributed by atoms with Gasteiger partial charge in [0.25, 0.3) is 0 Å². The highest BCUT2D eigenvalue weighted by molar-refractivity contribution is 5.93. The number of hydrogen-bond donors (Lipinski definition) is 5. The van der Waals surface area contributed by atoms with Crippen molar-refractivity contribution in [2.45, 2.75) is 69.7 Å². The zero-order valence-electron chi connectivity index (χ0n) is 27.1. The summed E-state index contributed by atoms with van der Waals surface area (Å²) < 4.78 is 7.10. The number of aliphatic hydroxyl groups excluding tert-OH is 1. The van der Waals surface area contributed by atoms with Gasteiger partial charge in [0.1, 0.15) is 5.60 Å². The van der Waals surface area contributed by atoms with E-state index in [4.69, 9.17) is 10.5 Å². The third kappa shape index (κ3) is 3.61. The van der Waals surface area contributed by atoms with Crippen LogP contribution in [0.4, 0.5) is 0 Å². The van der Waals surface area contributed by atoms with Gasteiger partial charge in [-0.15, -0.1) is 0 Å². The van der Waals surface area contributed by atoms with Crippen molar-refractivity contribution in [1.29, 1.82) is 0 Å². The Balaban J connectivity index is 1.31. The molecule has 2 heterocycles. The molecule has 8 aliphatic rings. The molecule has 12 unspecified atom stereocenters. The Morgan fingerprint density at radius 3 is 2.72 bits per heavy atom. The maximum absolute atomic E-state index is 13.6. The molecule has 8 rings (SSSR count). The second-order valence-electron chi connectivity index (χ2n) is 15.5. The molecule has 1 saturated heterocycles. The molecule has 9 nitrogen and oxygen atoms in total. The predicted molar refractivity (Wildman–Crippen MR) is 175 cm³/mol. The number of ether oxygens (including phenoxy) is 1. The molecule has 2 aliphatic heterocycles. The van der Waals surface area contributed by atoms with Crippen LogP contribution in [0.3, 0.4) is 0 Å². The van der Waals surface area contributed by atoms with Gasteiger partial charge in [-0.1, -0.05) is 49.5 Å². The molecule has 248 valence electrons. The molecule has 2 bridgehead atoms. The Bertz CT molecular complexity index is 1480. The van der Waals surface area contributed by atoms with E-state index in [0.717, 1.165) is 37.7 Å². The minimum atomic E-state index is -1.66. The number of carboxylic acid groups (broad SMARTS) is 1. The molecule has 0 aromatic carbocycles. The van der Waals surface area contributed by atoms with E-state index in [1.807, 2.05) is 11.1 Å². The number of hydrogen-bond acceptors (Lipinski definition) is 6. The number of nitrogens with two attached hydrogens (primary N) is 1. The number of guanidine groups is 1. The Hall–Kier alpha value is -2.72. The number of nitrogens with one attached hydrogen (secondary N) is 1. The van der Waals surface area contributed by atoms with E-state index in [1.54, 1.807) is 7.05 Å². The summed E-state index contributed by atoms with van der Waals surface area (Å²) in [5.41, 5.74) is 4.48. The van der Waals surface area contributed by atoms with Gasteiger partial charge < -0.3 is 36.0 Å². The smallest absolute Gasteiger partial charge is 0.334 e. The second-order valence-corrected chi connectivity index (χ2v) is 15.5. The maximum Gasteiger partial charge on any atom is 0.334 e. The Labute approximate surface area is 272 Å². The van der Waals surface area contributed by atoms with Crippen LogP contribution in [0.1, 0.15) is 51.9 Å². The molecular formula is C37H50N4O5. The molecule has 9 heteroatoms. The van der Waals surface area contributed by atoms with Crippen LogP contribution in [0.15, 0.2) is 64.9 Å². The lowest BCUT2D eigenvalue weighted by atomic mass is 9.36. The van der Waals surface area contributed by atoms with Crippen molar-refractivity contribution in [3.05, 3.63) is 59.9 Å². The normalized spacial score (nSPS) is 48.3. The second kappa shape index (κ2) is 10.6. The summed E-state index contributed by atoms with van der Waals surface area (Å²) >= 11 is 0. The third-order valence-corrected chi connectivity index (χ3v) is 14.2. The molecule has 0 aromatic heterocycles. The Morgan fingerprint density at radius 2 is 1.93 bits per heavy atom. The highest BCUT2D eigenvalue weighted by Gasteiger charge is 2.83. The summed E-state index contributed by atoms with van der Waals surface area (Å²) in [7, 11) is 1.70. The first kappa shape index (κ1) is 30.6. The molecule has 4 fully saturated rings. The van der Waals surface area contributed by atoms with Crippen LogP contribution in [-0.4, -0.2) is 83.2 Å². The quantitative estimate of drug-likeness (QED) is 0.130. The number of carboxylic acids is 1. The van der Waals surface area contributed by atoms with Crippen LogP contribution >= 0.6 is 0 Å². The largest absolute Gasteiger partial charge is 0.478 e. The Kier molecular flexibility index (Phi) is 7.08. The standard InChI is InChI=1S/C37H50N4O5/c1-22-7-11-25-19-27-30(32(43)44)37(45,29-12-10-24-9-8-23-5-3-4-6-26(23)31(24)46-29)28-13-14-34(20-40-16-18-42)15-17-41(33(38)39-2)21-35(25,34)36(22,27)28/h3-6,13-15,17,22-26,28-29,31,40,42,45H,7-12,16,18-21H2,1-2H3,(H2,38,39)(H,43,44). The predicted octanol–water partition coefficient (Wildman–Crippen LogP) is 3.38. The van der Waals surface area contributed by atoms with E-state index in [1.165, 1.54) is 0 Å². The van der Waals surface area contributed by atoms with E-state index in [9.17, 15) is 20.1 Å². The minimum Gasteiger partial charge on any atom is -0.478 e. The molecule has 6 N–H and O–H groups in total. The van der Waals surface area contributed by atoms with Crippen molar-refractivity contribution in [1.82, 2.24) is 10.2 Å². The molecule has 3 saturated carbocycles. The minimum absolute atomic E-state index is 0.0331. The molecule has 0 radical (unpaired) electrons. The fraction of sp³-hybridized carbons (Fsp3) is 0.676. The van der Waals surface area contributed by atoms with Crippen LogP contribution in [0.2, 0.25) is 0 Å². The molecule has 0 amide bonds. The van der Waals surface area contributed by atoms with E-state index < -0.39 is 39.8 Å². The lowest BCUT2D eigenvalue weighted by Gasteiger charge is -2.69. The monoisotopic (exact) mass is 630 g/mol. The van der Waals surface area contributed by atoms with Gasteiger partial charge >= 0.3 is 5.97 Å². The number of rotatable bonds is 6. The zero-order valence-corrected chi connectivity index (χ0v) is 27.1. The SMILES string of the molecule is CN=C(N)N1C=CC2(CNCCO)C=CC3C(O)(C4CCC5CCC6C=CC=CC6C5O4)C(C(=O)O)=C4CC5CCC(C)C43C52C1. The van der Waals surface area contributed by atoms with Crippen molar-refractivity contribution < 1.29 is 24.9 Å². The molecule has 0 aromatic rings. The topological polar surface area (TPSA) is 141 Å². The number of nitrogens with zero attached hydrogens (tertiary/aromatic N) is 2. The van der Waals surface area contributed by atoms with Gasteiger partial charge in [0.15, 0.2) is 5.96 Å². The van der Waals surface area contributed by atoms with Gasteiger partial charge in [-0.3, -0.25) is 4.99 Å². The van der Waals surface area contributed by atoms with E-state index in [2.05, 4.69) is 59.8 Å². The molecule has 6 aliphatic carbocycles. The first-order valence-corrected chi connectivity index (χ1v) is 17.6. The molecule has 46 heavy (non-hydrogen) atoms. The molecule has 2 spiro atoms. The number of aliphatic imine (C=N–C) groups is 1. The van der Waals surface area contributed by atoms with Crippen LogP contribution < -0.4 is 11.1 Å². The number of aliphatic carboxylic acids is 1. The van der Waals surface area contributed by atoms with E-state index in [0.29, 0.717) is 50.3 Å². The summed E-state index contributed by atoms with van der Waals surface area (Å²) in [4.78, 5) is 20.0. The van der Waals surface area contributed by atoms with Crippen LogP contribution in [0, 0.1) is 51.8 Å². The zero-order chi connectivity index (χ0) is 32.1. The van der Waals surface area contributed by atoms with Crippen molar-refractivity contribution in [2.24, 2.45) is 62.5 Å². The highest BCUT2D eigenvalue weighted by Crippen LogP contribution is 2.83. The summed E-state index contributed by atoms with van der Waals surface area (Å²) in [5, 5.41) is 37.8. The van der Waals surface area contributed by atoms with Crippen molar-refractivity contribution >= 4 is 11.9 Å². The summed E-state index contributed by atoms with van der Waals surface area (Å²) in [6.45, 7) is 3.99. The Morgan fingerprint density at radius 1 is 1.13 bits per heavy atom. The fourth-order valence-corrected chi connectivity index (χ4v) is 12.7. The van der Waals surface area contributed by atoms with Crippen LogP contribution in [0.5, 0.6) is 0 Å². The number of aliphatic hydroxyl groups is 2. The molecule has 12 atom stereocenters. The maximum atomic E-state index is 13.6. The van der Waals surface area contributed by atoms with Gasteiger partial charge in [-0.2, -0.15) is 0 Å². The first-order valence-electron chi connectivity index (χ1n) is 17.6. The van der Waals surface area contributed by atoms with E-state index in [-0.39, 0.29) is 36.0 Å². The fourth-order valence-electron chi connectivity index (χ4n) is 12.7. The lowest BCUT2D eigenvalue weighted by Crippen LogP contribution is -2.71. The van der Waals surface area contributed by atoms with Crippen molar-refractivity contribution in [3.63, 3.8) is 0 Å². The van der Waals surface area contributed by atoms with E-state index >= 15 is 0 Å². The average Bonchev–Trinajstić information content (AvgIpc) is 3.42. The van der Waals surface area contributed by atoms with Gasteiger partial charge in [-0.25, -0.2) is 4.79 Å². The third-order valence-electron chi connectivity index (χ3n) is 14.2. The van der Waals surface area contributed by atoms with Gasteiger partial charge in [0, 0.05) is 61.0 Å². The highest BCUT2D eigenvalue weighted by atomic mass is 16.5. The number of allylic oxidation sites excluding steroid dienone is 4. The van der Waals surface area contributed by atoms with Crippen molar-refractivity contribution in [2.75, 3.05) is 33.3 Å². The van der Waals surface area contributed by atoms with Gasteiger partial charge in [0.2, 0.25) is 0 Å². The van der Waals surface area contributed by atoms with Crippen LogP contribution in [0.25, 0.3) is 0 Å². The van der Waals surface area contributed by atoms with Crippen molar-refractivity contribution in [3.8, 4) is 0 Å². The number of fused-ring (bicyclic) bond motifs is 3. The molecular weight excluding hydrogens is 580 g/mol. The van der Waals surface area contributed by atoms with Gasteiger partial charge in [-0.05, 0) is 74.2 Å². The average molecular weight is 631 g/mol. The first-order chi connectivity index (χ1) is 22.2. The summed E-state index contributed by atoms with van der Waals surface area (Å²) in [6.07, 6.45) is 23.3. The summed E-state index contributed by atoms with van der Waals surface area (Å²) in [5.74, 6) is 0.403. The van der Waals surface area contributed by atoms with Gasteiger partial charge in [0.05, 0.1) is 24.4 Å².